The van der Waals surface area contributed by atoms with Gasteiger partial charge < -0.3 is 19.3 Å². The van der Waals surface area contributed by atoms with E-state index in [0.717, 1.165) is 6.08 Å². The molecule has 6 nitrogen and oxygen atoms in total. The van der Waals surface area contributed by atoms with Gasteiger partial charge in [-0.2, -0.15) is 0 Å². The molecule has 0 aromatic rings. The van der Waals surface area contributed by atoms with E-state index in [1.807, 2.05) is 0 Å². The second-order valence-corrected chi connectivity index (χ2v) is 2.20. The normalized spacial score (nSPS) is 10.8. The maximum atomic E-state index is 10.8. The smallest absolute Gasteiger partial charge is 0.331 e. The van der Waals surface area contributed by atoms with Gasteiger partial charge in [0.25, 0.3) is 0 Å². The summed E-state index contributed by atoms with van der Waals surface area (Å²) < 4.78 is 14.1. The number of ether oxygens (including phenoxy) is 3. The fourth-order valence-corrected chi connectivity index (χ4v) is 0.570. The molecule has 1 N–H and O–H groups in total. The van der Waals surface area contributed by atoms with E-state index in [0.29, 0.717) is 6.08 Å². The Morgan fingerprint density at radius 2 is 1.86 bits per heavy atom. The molecule has 0 saturated heterocycles. The van der Waals surface area contributed by atoms with Crippen molar-refractivity contribution in [3.8, 4) is 0 Å². The van der Waals surface area contributed by atoms with Crippen LogP contribution < -0.4 is 0 Å². The van der Waals surface area contributed by atoms with Crippen molar-refractivity contribution >= 4 is 11.9 Å². The Balaban J connectivity index is 3.78. The van der Waals surface area contributed by atoms with E-state index in [1.165, 1.54) is 14.2 Å². The molecule has 0 radical (unpaired) electrons. The number of hydrogen-bond acceptors (Lipinski definition) is 5. The van der Waals surface area contributed by atoms with Crippen LogP contribution in [0.4, 0.5) is 0 Å². The lowest BCUT2D eigenvalue weighted by Gasteiger charge is -2.12. The van der Waals surface area contributed by atoms with E-state index >= 15 is 0 Å². The Morgan fingerprint density at radius 3 is 2.29 bits per heavy atom. The molecule has 0 rings (SSSR count). The maximum Gasteiger partial charge on any atom is 0.331 e. The second kappa shape index (κ2) is 7.05. The highest BCUT2D eigenvalue weighted by atomic mass is 16.7. The standard InChI is InChI=1S/C8H12O6/c1-12-8(13-2)5-14-7(11)4-3-6(9)10/h3-4,8H,5H2,1-2H3,(H,9,10)/b4-3+. The van der Waals surface area contributed by atoms with E-state index < -0.39 is 18.2 Å². The van der Waals surface area contributed by atoms with Gasteiger partial charge in [-0.25, -0.2) is 9.59 Å². The molecule has 0 saturated carbocycles. The van der Waals surface area contributed by atoms with Crippen molar-refractivity contribution < 1.29 is 28.9 Å². The molecule has 0 amide bonds. The number of esters is 1. The lowest BCUT2D eigenvalue weighted by molar-refractivity contribution is -0.162. The monoisotopic (exact) mass is 204 g/mol. The fourth-order valence-electron chi connectivity index (χ4n) is 0.570. The van der Waals surface area contributed by atoms with Gasteiger partial charge in [0, 0.05) is 26.4 Å². The van der Waals surface area contributed by atoms with Crippen molar-refractivity contribution in [1.82, 2.24) is 0 Å². The largest absolute Gasteiger partial charge is 0.478 e. The third-order valence-corrected chi connectivity index (χ3v) is 1.25. The summed E-state index contributed by atoms with van der Waals surface area (Å²) in [6.45, 7) is -0.0875. The molecule has 0 fully saturated rings. The first-order valence-corrected chi connectivity index (χ1v) is 3.73. The Bertz CT molecular complexity index is 218. The van der Waals surface area contributed by atoms with Crippen molar-refractivity contribution in [2.24, 2.45) is 0 Å². The minimum absolute atomic E-state index is 0.0875. The average Bonchev–Trinajstić information content (AvgIpc) is 2.16. The van der Waals surface area contributed by atoms with Crippen molar-refractivity contribution in [3.05, 3.63) is 12.2 Å². The molecule has 6 heteroatoms. The summed E-state index contributed by atoms with van der Waals surface area (Å²) in [5, 5.41) is 8.19. The quantitative estimate of drug-likeness (QED) is 0.366. The number of carbonyl (C=O) groups is 2. The first kappa shape index (κ1) is 12.6. The topological polar surface area (TPSA) is 82.1 Å². The summed E-state index contributed by atoms with van der Waals surface area (Å²) in [5.41, 5.74) is 0. The predicted molar refractivity (Wildman–Crippen MR) is 45.5 cm³/mol. The van der Waals surface area contributed by atoms with Crippen molar-refractivity contribution in [2.75, 3.05) is 20.8 Å². The summed E-state index contributed by atoms with van der Waals surface area (Å²) >= 11 is 0. The van der Waals surface area contributed by atoms with Crippen molar-refractivity contribution in [2.45, 2.75) is 6.29 Å². The van der Waals surface area contributed by atoms with Crippen LogP contribution in [0.5, 0.6) is 0 Å². The third-order valence-electron chi connectivity index (χ3n) is 1.25. The van der Waals surface area contributed by atoms with Gasteiger partial charge in [-0.05, 0) is 0 Å². The molecule has 80 valence electrons. The summed E-state index contributed by atoms with van der Waals surface area (Å²) in [6, 6.07) is 0. The molecular formula is C8H12O6. The summed E-state index contributed by atoms with van der Waals surface area (Å²) in [6.07, 6.45) is 0.860. The lowest BCUT2D eigenvalue weighted by Crippen LogP contribution is -2.21. The van der Waals surface area contributed by atoms with Crippen molar-refractivity contribution in [3.63, 3.8) is 0 Å². The number of hydrogen-bond donors (Lipinski definition) is 1. The molecular weight excluding hydrogens is 192 g/mol. The van der Waals surface area contributed by atoms with E-state index in [-0.39, 0.29) is 6.61 Å². The van der Waals surface area contributed by atoms with Crippen LogP contribution >= 0.6 is 0 Å². The number of carboxylic acids is 1. The van der Waals surface area contributed by atoms with Crippen LogP contribution in [-0.4, -0.2) is 44.2 Å². The Kier molecular flexibility index (Phi) is 6.34. The second-order valence-electron chi connectivity index (χ2n) is 2.20. The SMILES string of the molecule is COC(COC(=O)/C=C/C(=O)O)OC. The zero-order valence-corrected chi connectivity index (χ0v) is 7.93. The summed E-state index contributed by atoms with van der Waals surface area (Å²) in [5.74, 6) is -1.97. The van der Waals surface area contributed by atoms with Crippen LogP contribution in [0.2, 0.25) is 0 Å². The molecule has 14 heavy (non-hydrogen) atoms. The molecule has 0 aromatic heterocycles. The molecule has 0 unspecified atom stereocenters. The highest BCUT2D eigenvalue weighted by Crippen LogP contribution is 1.92. The highest BCUT2D eigenvalue weighted by Gasteiger charge is 2.07. The summed E-state index contributed by atoms with van der Waals surface area (Å²) in [4.78, 5) is 20.8. The average molecular weight is 204 g/mol. The van der Waals surface area contributed by atoms with E-state index in [2.05, 4.69) is 4.74 Å². The molecule has 0 aliphatic carbocycles. The van der Waals surface area contributed by atoms with Gasteiger partial charge in [0.05, 0.1) is 0 Å². The van der Waals surface area contributed by atoms with Crippen LogP contribution in [0, 0.1) is 0 Å². The lowest BCUT2D eigenvalue weighted by atomic mass is 10.5. The zero-order valence-electron chi connectivity index (χ0n) is 7.93. The van der Waals surface area contributed by atoms with Gasteiger partial charge in [-0.3, -0.25) is 0 Å². The fraction of sp³-hybridized carbons (Fsp3) is 0.500. The van der Waals surface area contributed by atoms with Crippen molar-refractivity contribution in [1.29, 1.82) is 0 Å². The number of rotatable bonds is 6. The van der Waals surface area contributed by atoms with Gasteiger partial charge in [-0.15, -0.1) is 0 Å². The van der Waals surface area contributed by atoms with Gasteiger partial charge in [0.1, 0.15) is 6.61 Å². The third kappa shape index (κ3) is 6.15. The molecule has 0 bridgehead atoms. The van der Waals surface area contributed by atoms with Gasteiger partial charge in [0.15, 0.2) is 6.29 Å². The zero-order chi connectivity index (χ0) is 11.0. The minimum atomic E-state index is -1.21. The first-order valence-electron chi connectivity index (χ1n) is 3.73. The van der Waals surface area contributed by atoms with Crippen LogP contribution in [0.25, 0.3) is 0 Å². The first-order chi connectivity index (χ1) is 6.60. The molecule has 0 aromatic carbocycles. The van der Waals surface area contributed by atoms with Gasteiger partial charge >= 0.3 is 11.9 Å². The molecule has 0 aliphatic rings. The number of aliphatic carboxylic acids is 1. The van der Waals surface area contributed by atoms with E-state index in [4.69, 9.17) is 14.6 Å². The number of methoxy groups -OCH3 is 2. The van der Waals surface area contributed by atoms with Gasteiger partial charge in [-0.1, -0.05) is 0 Å². The predicted octanol–water partition coefficient (Wildman–Crippen LogP) is -0.211. The maximum absolute atomic E-state index is 10.8. The number of carboxylic acid groups (broad SMARTS) is 1. The minimum Gasteiger partial charge on any atom is -0.478 e. The Labute approximate surface area is 81.1 Å². The highest BCUT2D eigenvalue weighted by molar-refractivity contribution is 5.90. The van der Waals surface area contributed by atoms with E-state index in [1.54, 1.807) is 0 Å². The van der Waals surface area contributed by atoms with Crippen LogP contribution in [-0.2, 0) is 23.8 Å². The number of carbonyl (C=O) groups excluding carboxylic acids is 1. The van der Waals surface area contributed by atoms with Crippen LogP contribution in [0.15, 0.2) is 12.2 Å². The molecule has 0 aliphatic heterocycles. The molecule has 0 atom stereocenters. The molecule has 0 spiro atoms. The summed E-state index contributed by atoms with van der Waals surface area (Å²) in [7, 11) is 2.80. The Hall–Kier alpha value is -1.40. The Morgan fingerprint density at radius 1 is 1.29 bits per heavy atom. The van der Waals surface area contributed by atoms with Crippen LogP contribution in [0.3, 0.4) is 0 Å². The van der Waals surface area contributed by atoms with Crippen LogP contribution in [0.1, 0.15) is 0 Å². The molecule has 0 heterocycles. The van der Waals surface area contributed by atoms with E-state index in [9.17, 15) is 9.59 Å². The van der Waals surface area contributed by atoms with Gasteiger partial charge in [0.2, 0.25) is 0 Å².